The second-order valence-corrected chi connectivity index (χ2v) is 7.51. The van der Waals surface area contributed by atoms with Crippen molar-refractivity contribution in [2.24, 2.45) is 5.92 Å². The van der Waals surface area contributed by atoms with Crippen LogP contribution in [0.4, 0.5) is 0 Å². The van der Waals surface area contributed by atoms with Gasteiger partial charge in [0.05, 0.1) is 0 Å². The second-order valence-electron chi connectivity index (χ2n) is 7.51. The van der Waals surface area contributed by atoms with E-state index in [2.05, 4.69) is 45.1 Å². The third-order valence-electron chi connectivity index (χ3n) is 5.83. The third-order valence-corrected chi connectivity index (χ3v) is 5.83. The number of aromatic amines is 1. The number of fused-ring (bicyclic) bond motifs is 1. The number of nitrogens with one attached hydrogen (secondary N) is 1. The molecule has 24 heavy (non-hydrogen) atoms. The minimum absolute atomic E-state index is 0.222. The fraction of sp³-hybridized carbons (Fsp3) is 0.600. The van der Waals surface area contributed by atoms with Crippen molar-refractivity contribution in [1.82, 2.24) is 14.8 Å². The number of rotatable bonds is 4. The first kappa shape index (κ1) is 16.1. The van der Waals surface area contributed by atoms with E-state index in [9.17, 15) is 5.11 Å². The highest BCUT2D eigenvalue weighted by Crippen LogP contribution is 2.28. The predicted molar refractivity (Wildman–Crippen MR) is 97.7 cm³/mol. The minimum Gasteiger partial charge on any atom is -0.378 e. The molecule has 1 unspecified atom stereocenters. The maximum Gasteiger partial charge on any atom is 0.110 e. The molecule has 0 radical (unpaired) electrons. The molecule has 130 valence electrons. The van der Waals surface area contributed by atoms with Gasteiger partial charge in [0.15, 0.2) is 0 Å². The van der Waals surface area contributed by atoms with Gasteiger partial charge >= 0.3 is 0 Å². The van der Waals surface area contributed by atoms with Crippen LogP contribution in [0.5, 0.6) is 0 Å². The maximum atomic E-state index is 10.7. The first-order valence-electron chi connectivity index (χ1n) is 9.51. The first-order chi connectivity index (χ1) is 11.8. The minimum atomic E-state index is -0.222. The molecule has 4 rings (SSSR count). The van der Waals surface area contributed by atoms with E-state index in [0.29, 0.717) is 5.92 Å². The van der Waals surface area contributed by atoms with Crippen molar-refractivity contribution in [3.05, 3.63) is 36.0 Å². The van der Waals surface area contributed by atoms with E-state index in [1.165, 1.54) is 48.7 Å². The van der Waals surface area contributed by atoms with Crippen LogP contribution in [0.2, 0.25) is 0 Å². The average molecular weight is 327 g/mol. The maximum absolute atomic E-state index is 10.7. The highest BCUT2D eigenvalue weighted by atomic mass is 16.3. The summed E-state index contributed by atoms with van der Waals surface area (Å²) in [5.74, 6) is 0.499. The van der Waals surface area contributed by atoms with Gasteiger partial charge in [0.2, 0.25) is 0 Å². The zero-order chi connectivity index (χ0) is 16.4. The van der Waals surface area contributed by atoms with Gasteiger partial charge in [-0.25, -0.2) is 0 Å². The molecular formula is C20H29N3O. The number of aliphatic hydroxyl groups excluding tert-OH is 1. The molecule has 1 aromatic heterocycles. The number of aliphatic hydroxyl groups is 1. The van der Waals surface area contributed by atoms with Crippen molar-refractivity contribution >= 4 is 10.9 Å². The Morgan fingerprint density at radius 3 is 2.54 bits per heavy atom. The summed E-state index contributed by atoms with van der Waals surface area (Å²) in [7, 11) is 0. The van der Waals surface area contributed by atoms with Crippen LogP contribution in [0.25, 0.3) is 10.9 Å². The van der Waals surface area contributed by atoms with Crippen molar-refractivity contribution < 1.29 is 5.11 Å². The summed E-state index contributed by atoms with van der Waals surface area (Å²) in [6.45, 7) is 5.02. The number of para-hydroxylation sites is 1. The summed E-state index contributed by atoms with van der Waals surface area (Å²) in [5.41, 5.74) is 2.51. The Hall–Kier alpha value is -1.36. The molecule has 4 heteroatoms. The number of piperazine rings is 1. The topological polar surface area (TPSA) is 42.5 Å². The summed E-state index contributed by atoms with van der Waals surface area (Å²) in [6.07, 6.45) is 6.12. The summed E-state index contributed by atoms with van der Waals surface area (Å²) in [6, 6.07) is 10.7. The van der Waals surface area contributed by atoms with E-state index in [1.807, 2.05) is 0 Å². The zero-order valence-electron chi connectivity index (χ0n) is 14.5. The lowest BCUT2D eigenvalue weighted by molar-refractivity contribution is -0.0704. The molecule has 2 aliphatic rings. The normalized spacial score (nSPS) is 22.9. The van der Waals surface area contributed by atoms with E-state index >= 15 is 0 Å². The second kappa shape index (κ2) is 7.26. The molecule has 4 nitrogen and oxygen atoms in total. The van der Waals surface area contributed by atoms with E-state index in [1.54, 1.807) is 0 Å². The molecule has 2 aromatic rings. The molecular weight excluding hydrogens is 298 g/mol. The van der Waals surface area contributed by atoms with Gasteiger partial charge in [0.25, 0.3) is 0 Å². The standard InChI is InChI=1S/C20H29N3O/c24-20(16-6-2-1-3-7-16)23-12-10-22(11-13-23)15-18-14-17-8-4-5-9-19(17)21-18/h4-5,8-9,14,16,20-21,24H,1-3,6-7,10-13,15H2. The summed E-state index contributed by atoms with van der Waals surface area (Å²) < 4.78 is 0. The summed E-state index contributed by atoms with van der Waals surface area (Å²) in [4.78, 5) is 8.32. The Balaban J connectivity index is 1.30. The molecule has 1 aromatic carbocycles. The van der Waals surface area contributed by atoms with Crippen LogP contribution in [-0.4, -0.2) is 52.3 Å². The van der Waals surface area contributed by atoms with Crippen molar-refractivity contribution in [2.45, 2.75) is 44.9 Å². The van der Waals surface area contributed by atoms with Crippen molar-refractivity contribution in [3.63, 3.8) is 0 Å². The molecule has 2 fully saturated rings. The van der Waals surface area contributed by atoms with Gasteiger partial charge in [0, 0.05) is 43.9 Å². The molecule has 1 saturated carbocycles. The van der Waals surface area contributed by atoms with Crippen LogP contribution >= 0.6 is 0 Å². The van der Waals surface area contributed by atoms with E-state index in [0.717, 1.165) is 32.7 Å². The summed E-state index contributed by atoms with van der Waals surface area (Å²) >= 11 is 0. The Labute approximate surface area is 144 Å². The van der Waals surface area contributed by atoms with Crippen molar-refractivity contribution in [3.8, 4) is 0 Å². The average Bonchev–Trinajstić information content (AvgIpc) is 3.05. The lowest BCUT2D eigenvalue weighted by Crippen LogP contribution is -2.52. The predicted octanol–water partition coefficient (Wildman–Crippen LogP) is 3.18. The van der Waals surface area contributed by atoms with Gasteiger partial charge in [-0.05, 0) is 36.3 Å². The van der Waals surface area contributed by atoms with E-state index in [4.69, 9.17) is 0 Å². The van der Waals surface area contributed by atoms with Crippen LogP contribution in [0.3, 0.4) is 0 Å². The van der Waals surface area contributed by atoms with Gasteiger partial charge in [0.1, 0.15) is 6.23 Å². The molecule has 1 saturated heterocycles. The van der Waals surface area contributed by atoms with E-state index in [-0.39, 0.29) is 6.23 Å². The largest absolute Gasteiger partial charge is 0.378 e. The fourth-order valence-corrected chi connectivity index (χ4v) is 4.38. The van der Waals surface area contributed by atoms with Gasteiger partial charge in [-0.1, -0.05) is 37.5 Å². The highest BCUT2D eigenvalue weighted by molar-refractivity contribution is 5.80. The van der Waals surface area contributed by atoms with Gasteiger partial charge in [-0.15, -0.1) is 0 Å². The van der Waals surface area contributed by atoms with Gasteiger partial charge in [-0.2, -0.15) is 0 Å². The number of hydrogen-bond donors (Lipinski definition) is 2. The van der Waals surface area contributed by atoms with E-state index < -0.39 is 0 Å². The quantitative estimate of drug-likeness (QED) is 0.906. The SMILES string of the molecule is OC(C1CCCCC1)N1CCN(Cc2cc3ccccc3[nH]2)CC1. The van der Waals surface area contributed by atoms with Crippen LogP contribution < -0.4 is 0 Å². The first-order valence-corrected chi connectivity index (χ1v) is 9.51. The Kier molecular flexibility index (Phi) is 4.88. The zero-order valence-corrected chi connectivity index (χ0v) is 14.5. The molecule has 2 N–H and O–H groups in total. The van der Waals surface area contributed by atoms with Crippen LogP contribution in [0.15, 0.2) is 30.3 Å². The smallest absolute Gasteiger partial charge is 0.110 e. The number of hydrogen-bond acceptors (Lipinski definition) is 3. The van der Waals surface area contributed by atoms with Gasteiger partial charge < -0.3 is 10.1 Å². The van der Waals surface area contributed by atoms with Crippen LogP contribution in [-0.2, 0) is 6.54 Å². The Morgan fingerprint density at radius 2 is 1.79 bits per heavy atom. The molecule has 0 amide bonds. The van der Waals surface area contributed by atoms with Crippen LogP contribution in [0.1, 0.15) is 37.8 Å². The molecule has 2 heterocycles. The third kappa shape index (κ3) is 3.51. The van der Waals surface area contributed by atoms with Crippen molar-refractivity contribution in [2.75, 3.05) is 26.2 Å². The van der Waals surface area contributed by atoms with Gasteiger partial charge in [-0.3, -0.25) is 9.80 Å². The van der Waals surface area contributed by atoms with Crippen LogP contribution in [0, 0.1) is 5.92 Å². The Bertz CT molecular complexity index is 621. The molecule has 1 aliphatic heterocycles. The molecule has 0 spiro atoms. The molecule has 1 atom stereocenters. The molecule has 0 bridgehead atoms. The lowest BCUT2D eigenvalue weighted by Gasteiger charge is -2.40. The van der Waals surface area contributed by atoms with Crippen molar-refractivity contribution in [1.29, 1.82) is 0 Å². The summed E-state index contributed by atoms with van der Waals surface area (Å²) in [5, 5.41) is 12.0. The highest BCUT2D eigenvalue weighted by Gasteiger charge is 2.29. The lowest BCUT2D eigenvalue weighted by atomic mass is 9.87. The monoisotopic (exact) mass is 327 g/mol. The number of benzene rings is 1. The fourth-order valence-electron chi connectivity index (χ4n) is 4.38. The number of nitrogens with zero attached hydrogens (tertiary/aromatic N) is 2. The number of H-pyrrole nitrogens is 1. The molecule has 1 aliphatic carbocycles. The number of aromatic nitrogens is 1. The Morgan fingerprint density at radius 1 is 1.04 bits per heavy atom.